The third kappa shape index (κ3) is 5.70. The number of hydrogen-bond donors (Lipinski definition) is 1. The van der Waals surface area contributed by atoms with Crippen molar-refractivity contribution in [1.29, 1.82) is 0 Å². The number of halogens is 1. The second-order valence-electron chi connectivity index (χ2n) is 8.69. The fourth-order valence-electron chi connectivity index (χ4n) is 4.31. The molecule has 2 N–H and O–H groups in total. The van der Waals surface area contributed by atoms with Crippen LogP contribution in [-0.2, 0) is 11.3 Å². The van der Waals surface area contributed by atoms with Gasteiger partial charge in [0.15, 0.2) is 0 Å². The average Bonchev–Trinajstić information content (AvgIpc) is 2.80. The SMILES string of the molecule is Cc1cc(-c2cnc(N)nc2)cc([C@H]2CCCN(C(=O)CN(C)Cc3ccccc3F)C2)n1. The Morgan fingerprint density at radius 3 is 2.73 bits per heavy atom. The second kappa shape index (κ2) is 10.0. The second-order valence-corrected chi connectivity index (χ2v) is 8.69. The van der Waals surface area contributed by atoms with Crippen molar-refractivity contribution in [2.45, 2.75) is 32.2 Å². The van der Waals surface area contributed by atoms with Crippen LogP contribution in [0.2, 0.25) is 0 Å². The smallest absolute Gasteiger partial charge is 0.236 e. The van der Waals surface area contributed by atoms with Crippen molar-refractivity contribution in [1.82, 2.24) is 24.8 Å². The van der Waals surface area contributed by atoms with Gasteiger partial charge in [0.2, 0.25) is 11.9 Å². The van der Waals surface area contributed by atoms with E-state index in [2.05, 4.69) is 16.0 Å². The van der Waals surface area contributed by atoms with E-state index in [4.69, 9.17) is 10.7 Å². The fraction of sp³-hybridized carbons (Fsp3) is 0.360. The zero-order valence-corrected chi connectivity index (χ0v) is 19.0. The first-order chi connectivity index (χ1) is 15.9. The van der Waals surface area contributed by atoms with E-state index < -0.39 is 0 Å². The van der Waals surface area contributed by atoms with E-state index in [1.807, 2.05) is 35.9 Å². The summed E-state index contributed by atoms with van der Waals surface area (Å²) in [6, 6.07) is 10.7. The van der Waals surface area contributed by atoms with Crippen LogP contribution in [0.15, 0.2) is 48.8 Å². The molecule has 1 aromatic carbocycles. The van der Waals surface area contributed by atoms with Crippen molar-refractivity contribution in [3.05, 3.63) is 71.6 Å². The van der Waals surface area contributed by atoms with Crippen LogP contribution in [-0.4, -0.2) is 57.3 Å². The summed E-state index contributed by atoms with van der Waals surface area (Å²) in [5.74, 6) is 0.208. The number of rotatable bonds is 6. The van der Waals surface area contributed by atoms with Crippen molar-refractivity contribution >= 4 is 11.9 Å². The molecule has 0 unspecified atom stereocenters. The molecule has 4 rings (SSSR count). The molecule has 1 aliphatic rings. The van der Waals surface area contributed by atoms with Crippen LogP contribution >= 0.6 is 0 Å². The lowest BCUT2D eigenvalue weighted by molar-refractivity contribution is -0.133. The summed E-state index contributed by atoms with van der Waals surface area (Å²) in [5.41, 5.74) is 9.96. The number of nitrogens with two attached hydrogens (primary N) is 1. The molecule has 8 heteroatoms. The molecule has 1 fully saturated rings. The number of likely N-dealkylation sites (N-methyl/N-ethyl adjacent to an activating group) is 1. The number of likely N-dealkylation sites (tertiary alicyclic amines) is 1. The first kappa shape index (κ1) is 22.8. The van der Waals surface area contributed by atoms with Gasteiger partial charge in [-0.3, -0.25) is 14.7 Å². The van der Waals surface area contributed by atoms with Crippen LogP contribution in [0, 0.1) is 12.7 Å². The summed E-state index contributed by atoms with van der Waals surface area (Å²) in [6.45, 7) is 3.96. The monoisotopic (exact) mass is 448 g/mol. The summed E-state index contributed by atoms with van der Waals surface area (Å²) in [5, 5.41) is 0. The van der Waals surface area contributed by atoms with Crippen LogP contribution in [0.3, 0.4) is 0 Å². The molecule has 1 aliphatic heterocycles. The maximum atomic E-state index is 13.9. The Morgan fingerprint density at radius 2 is 1.97 bits per heavy atom. The van der Waals surface area contributed by atoms with Gasteiger partial charge in [-0.2, -0.15) is 0 Å². The first-order valence-corrected chi connectivity index (χ1v) is 11.2. The summed E-state index contributed by atoms with van der Waals surface area (Å²) in [6.07, 6.45) is 5.32. The van der Waals surface area contributed by atoms with Gasteiger partial charge in [0.25, 0.3) is 0 Å². The maximum absolute atomic E-state index is 13.9. The Kier molecular flexibility index (Phi) is 6.93. The number of hydrogen-bond acceptors (Lipinski definition) is 6. The average molecular weight is 449 g/mol. The number of aryl methyl sites for hydroxylation is 1. The molecule has 3 aromatic rings. The van der Waals surface area contributed by atoms with Crippen molar-refractivity contribution in [2.24, 2.45) is 0 Å². The van der Waals surface area contributed by atoms with Crippen molar-refractivity contribution < 1.29 is 9.18 Å². The van der Waals surface area contributed by atoms with E-state index in [0.29, 0.717) is 18.7 Å². The number of nitrogen functional groups attached to an aromatic ring is 1. The highest BCUT2D eigenvalue weighted by atomic mass is 19.1. The van der Waals surface area contributed by atoms with Crippen molar-refractivity contribution in [3.8, 4) is 11.1 Å². The predicted molar refractivity (Wildman–Crippen MR) is 126 cm³/mol. The summed E-state index contributed by atoms with van der Waals surface area (Å²) < 4.78 is 13.9. The molecule has 0 saturated carbocycles. The Balaban J connectivity index is 1.43. The summed E-state index contributed by atoms with van der Waals surface area (Å²) >= 11 is 0. The van der Waals surface area contributed by atoms with Crippen molar-refractivity contribution in [3.63, 3.8) is 0 Å². The highest BCUT2D eigenvalue weighted by Gasteiger charge is 2.26. The van der Waals surface area contributed by atoms with E-state index in [1.54, 1.807) is 24.5 Å². The molecule has 172 valence electrons. The molecule has 0 radical (unpaired) electrons. The van der Waals surface area contributed by atoms with Crippen LogP contribution in [0.1, 0.15) is 35.7 Å². The normalized spacial score (nSPS) is 16.2. The molecule has 3 heterocycles. The van der Waals surface area contributed by atoms with Gasteiger partial charge in [-0.15, -0.1) is 0 Å². The highest BCUT2D eigenvalue weighted by molar-refractivity contribution is 5.78. The van der Waals surface area contributed by atoms with Gasteiger partial charge >= 0.3 is 0 Å². The third-order valence-corrected chi connectivity index (χ3v) is 5.97. The largest absolute Gasteiger partial charge is 0.368 e. The van der Waals surface area contributed by atoms with Gasteiger partial charge in [0.05, 0.1) is 6.54 Å². The number of carbonyl (C=O) groups excluding carboxylic acids is 1. The minimum atomic E-state index is -0.248. The summed E-state index contributed by atoms with van der Waals surface area (Å²) in [4.78, 5) is 29.7. The van der Waals surface area contributed by atoms with Gasteiger partial charge in [0, 0.05) is 60.5 Å². The molecule has 0 bridgehead atoms. The van der Waals surface area contributed by atoms with E-state index in [-0.39, 0.29) is 30.1 Å². The number of nitrogens with zero attached hydrogens (tertiary/aromatic N) is 5. The molecular weight excluding hydrogens is 419 g/mol. The van der Waals surface area contributed by atoms with Gasteiger partial charge in [0.1, 0.15) is 5.82 Å². The molecular formula is C25H29FN6O. The minimum Gasteiger partial charge on any atom is -0.368 e. The van der Waals surface area contributed by atoms with Gasteiger partial charge in [-0.05, 0) is 50.6 Å². The third-order valence-electron chi connectivity index (χ3n) is 5.97. The number of aromatic nitrogens is 3. The molecule has 33 heavy (non-hydrogen) atoms. The number of anilines is 1. The fourth-order valence-corrected chi connectivity index (χ4v) is 4.31. The molecule has 7 nitrogen and oxygen atoms in total. The lowest BCUT2D eigenvalue weighted by atomic mass is 9.92. The Bertz CT molecular complexity index is 1120. The van der Waals surface area contributed by atoms with E-state index in [9.17, 15) is 9.18 Å². The molecule has 0 spiro atoms. The number of amides is 1. The maximum Gasteiger partial charge on any atom is 0.236 e. The lowest BCUT2D eigenvalue weighted by Gasteiger charge is -2.34. The molecule has 1 amide bonds. The predicted octanol–water partition coefficient (Wildman–Crippen LogP) is 3.41. The standard InChI is InChI=1S/C25H29FN6O/c1-17-10-20(21-12-28-25(27)29-13-21)11-23(30-17)19-7-5-9-32(15-19)24(33)16-31(2)14-18-6-3-4-8-22(18)26/h3-4,6,8,10-13,19H,5,7,9,14-16H2,1-2H3,(H2,27,28,29)/t19-/m0/s1. The van der Waals surface area contributed by atoms with E-state index in [1.165, 1.54) is 6.07 Å². The molecule has 0 aliphatic carbocycles. The molecule has 2 aromatic heterocycles. The topological polar surface area (TPSA) is 88.2 Å². The van der Waals surface area contributed by atoms with Gasteiger partial charge in [-0.1, -0.05) is 18.2 Å². The van der Waals surface area contributed by atoms with E-state index >= 15 is 0 Å². The van der Waals surface area contributed by atoms with E-state index in [0.717, 1.165) is 41.9 Å². The summed E-state index contributed by atoms with van der Waals surface area (Å²) in [7, 11) is 1.84. The van der Waals surface area contributed by atoms with Crippen LogP contribution in [0.4, 0.5) is 10.3 Å². The van der Waals surface area contributed by atoms with Gasteiger partial charge < -0.3 is 10.6 Å². The quantitative estimate of drug-likeness (QED) is 0.622. The molecule has 1 atom stereocenters. The number of benzene rings is 1. The van der Waals surface area contributed by atoms with Crippen molar-refractivity contribution in [2.75, 3.05) is 32.4 Å². The minimum absolute atomic E-state index is 0.0540. The number of pyridine rings is 1. The number of carbonyl (C=O) groups is 1. The highest BCUT2D eigenvalue weighted by Crippen LogP contribution is 2.29. The molecule has 1 saturated heterocycles. The van der Waals surface area contributed by atoms with Gasteiger partial charge in [-0.25, -0.2) is 14.4 Å². The van der Waals surface area contributed by atoms with Crippen LogP contribution < -0.4 is 5.73 Å². The first-order valence-electron chi connectivity index (χ1n) is 11.2. The Morgan fingerprint density at radius 1 is 1.21 bits per heavy atom. The van der Waals surface area contributed by atoms with Crippen LogP contribution in [0.5, 0.6) is 0 Å². The number of piperidine rings is 1. The Labute approximate surface area is 193 Å². The lowest BCUT2D eigenvalue weighted by Crippen LogP contribution is -2.43. The van der Waals surface area contributed by atoms with Crippen LogP contribution in [0.25, 0.3) is 11.1 Å². The zero-order chi connectivity index (χ0) is 23.4. The zero-order valence-electron chi connectivity index (χ0n) is 19.0. The Hall–Kier alpha value is -3.39.